The molecule has 4 nitrogen and oxygen atoms in total. The maximum atomic E-state index is 12.2. The Morgan fingerprint density at radius 3 is 2.68 bits per heavy atom. The van der Waals surface area contributed by atoms with E-state index in [1.54, 1.807) is 36.4 Å². The molecule has 0 saturated heterocycles. The monoisotopic (exact) mass is 251 g/mol. The van der Waals surface area contributed by atoms with Crippen LogP contribution in [0.5, 0.6) is 0 Å². The van der Waals surface area contributed by atoms with Gasteiger partial charge in [0, 0.05) is 5.69 Å². The van der Waals surface area contributed by atoms with Crippen LogP contribution in [-0.4, -0.2) is 5.91 Å². The smallest absolute Gasteiger partial charge is 0.257 e. The Labute approximate surface area is 111 Å². The van der Waals surface area contributed by atoms with E-state index in [-0.39, 0.29) is 5.91 Å². The third-order valence-corrected chi connectivity index (χ3v) is 2.86. The van der Waals surface area contributed by atoms with E-state index in [1.165, 1.54) is 0 Å². The van der Waals surface area contributed by atoms with E-state index < -0.39 is 0 Å². The third kappa shape index (κ3) is 2.55. The Bertz CT molecular complexity index is 671. The van der Waals surface area contributed by atoms with E-state index in [0.29, 0.717) is 22.5 Å². The molecule has 0 aliphatic rings. The molecule has 0 aromatic heterocycles. The molecule has 0 bridgehead atoms. The highest BCUT2D eigenvalue weighted by molar-refractivity contribution is 6.08. The summed E-state index contributed by atoms with van der Waals surface area (Å²) >= 11 is 0. The van der Waals surface area contributed by atoms with Crippen LogP contribution in [0.4, 0.5) is 11.4 Å². The molecular formula is C15H13N3O. The second-order valence-corrected chi connectivity index (χ2v) is 4.15. The zero-order chi connectivity index (χ0) is 13.8. The normalized spacial score (nSPS) is 9.68. The van der Waals surface area contributed by atoms with E-state index in [0.717, 1.165) is 5.56 Å². The van der Waals surface area contributed by atoms with Crippen LogP contribution in [0.15, 0.2) is 42.5 Å². The summed E-state index contributed by atoms with van der Waals surface area (Å²) < 4.78 is 0. The molecule has 0 spiro atoms. The summed E-state index contributed by atoms with van der Waals surface area (Å²) in [6, 6.07) is 14.1. The van der Waals surface area contributed by atoms with Crippen molar-refractivity contribution >= 4 is 17.3 Å². The number of nitrogen functional groups attached to an aromatic ring is 1. The molecule has 19 heavy (non-hydrogen) atoms. The molecule has 0 aliphatic heterocycles. The molecule has 2 aromatic carbocycles. The molecule has 0 saturated carbocycles. The van der Waals surface area contributed by atoms with Gasteiger partial charge < -0.3 is 11.1 Å². The van der Waals surface area contributed by atoms with Crippen molar-refractivity contribution in [2.45, 2.75) is 6.92 Å². The molecular weight excluding hydrogens is 238 g/mol. The summed E-state index contributed by atoms with van der Waals surface area (Å²) in [5.41, 5.74) is 8.49. The average Bonchev–Trinajstić information content (AvgIpc) is 2.42. The number of amides is 1. The minimum atomic E-state index is -0.316. The minimum absolute atomic E-state index is 0.316. The summed E-state index contributed by atoms with van der Waals surface area (Å²) in [5.74, 6) is -0.316. The first-order chi connectivity index (χ1) is 9.13. The Balaban J connectivity index is 2.32. The second-order valence-electron chi connectivity index (χ2n) is 4.15. The van der Waals surface area contributed by atoms with Gasteiger partial charge in [-0.2, -0.15) is 5.26 Å². The molecule has 0 radical (unpaired) electrons. The summed E-state index contributed by atoms with van der Waals surface area (Å²) in [5, 5.41) is 11.7. The van der Waals surface area contributed by atoms with E-state index in [9.17, 15) is 4.79 Å². The van der Waals surface area contributed by atoms with Crippen molar-refractivity contribution in [3.05, 3.63) is 59.2 Å². The Hall–Kier alpha value is -2.80. The number of para-hydroxylation sites is 2. The molecule has 0 atom stereocenters. The van der Waals surface area contributed by atoms with Crippen LogP contribution >= 0.6 is 0 Å². The molecule has 1 amide bonds. The van der Waals surface area contributed by atoms with Gasteiger partial charge in [0.15, 0.2) is 0 Å². The molecule has 0 unspecified atom stereocenters. The van der Waals surface area contributed by atoms with Crippen molar-refractivity contribution in [2.24, 2.45) is 0 Å². The van der Waals surface area contributed by atoms with Crippen molar-refractivity contribution in [3.8, 4) is 6.07 Å². The summed E-state index contributed by atoms with van der Waals surface area (Å²) in [7, 11) is 0. The van der Waals surface area contributed by atoms with E-state index in [2.05, 4.69) is 5.32 Å². The maximum Gasteiger partial charge on any atom is 0.257 e. The van der Waals surface area contributed by atoms with Crippen molar-refractivity contribution in [1.29, 1.82) is 5.26 Å². The van der Waals surface area contributed by atoms with Crippen molar-refractivity contribution in [3.63, 3.8) is 0 Å². The lowest BCUT2D eigenvalue weighted by Crippen LogP contribution is -2.15. The van der Waals surface area contributed by atoms with Gasteiger partial charge in [0.25, 0.3) is 5.91 Å². The van der Waals surface area contributed by atoms with Gasteiger partial charge >= 0.3 is 0 Å². The number of anilines is 2. The topological polar surface area (TPSA) is 78.9 Å². The van der Waals surface area contributed by atoms with Crippen LogP contribution in [0.2, 0.25) is 0 Å². The molecule has 0 heterocycles. The summed E-state index contributed by atoms with van der Waals surface area (Å²) in [4.78, 5) is 12.2. The Morgan fingerprint density at radius 2 is 1.95 bits per heavy atom. The highest BCUT2D eigenvalue weighted by Crippen LogP contribution is 2.19. The van der Waals surface area contributed by atoms with Gasteiger partial charge in [0.2, 0.25) is 0 Å². The largest absolute Gasteiger partial charge is 0.398 e. The first kappa shape index (κ1) is 12.7. The molecule has 94 valence electrons. The molecule has 2 rings (SSSR count). The first-order valence-electron chi connectivity index (χ1n) is 5.79. The number of nitrogens with two attached hydrogens (primary N) is 1. The van der Waals surface area contributed by atoms with Crippen LogP contribution in [0.3, 0.4) is 0 Å². The molecule has 3 N–H and O–H groups in total. The average molecular weight is 251 g/mol. The number of nitriles is 1. The quantitative estimate of drug-likeness (QED) is 0.805. The molecule has 4 heteroatoms. The number of nitrogens with zero attached hydrogens (tertiary/aromatic N) is 1. The standard InChI is InChI=1S/C15H13N3O/c1-10-5-4-7-12(14(10)17)15(19)18-13-8-3-2-6-11(13)9-16/h2-8H,17H2,1H3,(H,18,19). The van der Waals surface area contributed by atoms with Gasteiger partial charge in [-0.3, -0.25) is 4.79 Å². The first-order valence-corrected chi connectivity index (χ1v) is 5.79. The number of hydrogen-bond acceptors (Lipinski definition) is 3. The highest BCUT2D eigenvalue weighted by Gasteiger charge is 2.12. The number of aryl methyl sites for hydroxylation is 1. The highest BCUT2D eigenvalue weighted by atomic mass is 16.1. The molecule has 0 aliphatic carbocycles. The Kier molecular flexibility index (Phi) is 3.48. The lowest BCUT2D eigenvalue weighted by molar-refractivity contribution is 0.102. The van der Waals surface area contributed by atoms with Crippen LogP contribution in [0.25, 0.3) is 0 Å². The number of hydrogen-bond donors (Lipinski definition) is 2. The van der Waals surface area contributed by atoms with Crippen molar-refractivity contribution < 1.29 is 4.79 Å². The van der Waals surface area contributed by atoms with E-state index in [4.69, 9.17) is 11.0 Å². The maximum absolute atomic E-state index is 12.2. The molecule has 2 aromatic rings. The van der Waals surface area contributed by atoms with Gasteiger partial charge in [-0.05, 0) is 30.7 Å². The van der Waals surface area contributed by atoms with Crippen molar-refractivity contribution in [1.82, 2.24) is 0 Å². The second kappa shape index (κ2) is 5.23. The van der Waals surface area contributed by atoms with Crippen molar-refractivity contribution in [2.75, 3.05) is 11.1 Å². The predicted octanol–water partition coefficient (Wildman–Crippen LogP) is 2.70. The fourth-order valence-electron chi connectivity index (χ4n) is 1.76. The fraction of sp³-hybridized carbons (Fsp3) is 0.0667. The zero-order valence-corrected chi connectivity index (χ0v) is 10.5. The zero-order valence-electron chi connectivity index (χ0n) is 10.5. The van der Waals surface area contributed by atoms with Gasteiger partial charge in [-0.25, -0.2) is 0 Å². The van der Waals surface area contributed by atoms with Crippen LogP contribution in [0.1, 0.15) is 21.5 Å². The number of nitrogens with one attached hydrogen (secondary N) is 1. The molecule has 0 fully saturated rings. The van der Waals surface area contributed by atoms with Gasteiger partial charge in [-0.1, -0.05) is 24.3 Å². The van der Waals surface area contributed by atoms with E-state index >= 15 is 0 Å². The number of benzene rings is 2. The van der Waals surface area contributed by atoms with Crippen LogP contribution in [0, 0.1) is 18.3 Å². The van der Waals surface area contributed by atoms with E-state index in [1.807, 2.05) is 19.1 Å². The van der Waals surface area contributed by atoms with Gasteiger partial charge in [0.1, 0.15) is 6.07 Å². The lowest BCUT2D eigenvalue weighted by Gasteiger charge is -2.10. The number of carbonyl (C=O) groups excluding carboxylic acids is 1. The Morgan fingerprint density at radius 1 is 1.21 bits per heavy atom. The summed E-state index contributed by atoms with van der Waals surface area (Å²) in [6.07, 6.45) is 0. The van der Waals surface area contributed by atoms with Gasteiger partial charge in [-0.15, -0.1) is 0 Å². The van der Waals surface area contributed by atoms with Crippen LogP contribution in [-0.2, 0) is 0 Å². The number of carbonyl (C=O) groups is 1. The SMILES string of the molecule is Cc1cccc(C(=O)Nc2ccccc2C#N)c1N. The predicted molar refractivity (Wildman–Crippen MR) is 74.7 cm³/mol. The van der Waals surface area contributed by atoms with Crippen LogP contribution < -0.4 is 11.1 Å². The van der Waals surface area contributed by atoms with Gasteiger partial charge in [0.05, 0.1) is 16.8 Å². The lowest BCUT2D eigenvalue weighted by atomic mass is 10.1. The summed E-state index contributed by atoms with van der Waals surface area (Å²) in [6.45, 7) is 1.84. The fourth-order valence-corrected chi connectivity index (χ4v) is 1.76. The minimum Gasteiger partial charge on any atom is -0.398 e. The third-order valence-electron chi connectivity index (χ3n) is 2.86. The number of rotatable bonds is 2.